The van der Waals surface area contributed by atoms with Crippen LogP contribution in [0.3, 0.4) is 0 Å². The second-order valence-electron chi connectivity index (χ2n) is 6.10. The van der Waals surface area contributed by atoms with E-state index in [1.165, 1.54) is 16.4 Å². The number of allylic oxidation sites excluding steroid dienone is 1. The Hall–Kier alpha value is -1.55. The Bertz CT molecular complexity index is 980. The first-order valence-electron chi connectivity index (χ1n) is 8.26. The van der Waals surface area contributed by atoms with Gasteiger partial charge in [0.25, 0.3) is 10.0 Å². The van der Waals surface area contributed by atoms with Gasteiger partial charge in [-0.3, -0.25) is 4.79 Å². The molecular formula is C18H18BrFN2O3S2. The fourth-order valence-corrected chi connectivity index (χ4v) is 6.43. The minimum Gasteiger partial charge on any atom is -0.337 e. The molecule has 0 radical (unpaired) electrons. The molecule has 1 saturated heterocycles. The fraction of sp³-hybridized carbons (Fsp3) is 0.278. The Morgan fingerprint density at radius 2 is 1.81 bits per heavy atom. The minimum absolute atomic E-state index is 0.232. The summed E-state index contributed by atoms with van der Waals surface area (Å²) in [6.45, 7) is 2.75. The molecule has 1 fully saturated rings. The standard InChI is InChI=1S/C18H18BrFN2O3S2/c1-13(14-4-2-3-5-15(14)20)12-17(23)21-8-10-22(11-9-21)27(24,25)18-7-6-16(19)26-18/h2-7,12H,8-11H2,1H3/b13-12-. The third-order valence-corrected chi connectivity index (χ3v) is 8.32. The summed E-state index contributed by atoms with van der Waals surface area (Å²) in [4.78, 5) is 14.1. The maximum Gasteiger partial charge on any atom is 0.252 e. The van der Waals surface area contributed by atoms with Gasteiger partial charge in [-0.05, 0) is 46.6 Å². The number of halogens is 2. The van der Waals surface area contributed by atoms with Gasteiger partial charge in [-0.25, -0.2) is 12.8 Å². The van der Waals surface area contributed by atoms with Gasteiger partial charge in [-0.1, -0.05) is 18.2 Å². The van der Waals surface area contributed by atoms with Crippen LogP contribution in [0, 0.1) is 5.82 Å². The first-order valence-corrected chi connectivity index (χ1v) is 11.3. The molecular weight excluding hydrogens is 455 g/mol. The lowest BCUT2D eigenvalue weighted by molar-refractivity contribution is -0.127. The molecule has 1 amide bonds. The predicted molar refractivity (Wildman–Crippen MR) is 107 cm³/mol. The lowest BCUT2D eigenvalue weighted by Gasteiger charge is -2.33. The fourth-order valence-electron chi connectivity index (χ4n) is 2.85. The van der Waals surface area contributed by atoms with Crippen molar-refractivity contribution in [3.63, 3.8) is 0 Å². The molecule has 0 atom stereocenters. The molecule has 3 rings (SSSR count). The Balaban J connectivity index is 1.66. The number of carbonyl (C=O) groups is 1. The van der Waals surface area contributed by atoms with Crippen molar-refractivity contribution in [1.82, 2.24) is 9.21 Å². The van der Waals surface area contributed by atoms with Crippen LogP contribution in [0.15, 0.2) is 50.5 Å². The zero-order valence-electron chi connectivity index (χ0n) is 14.6. The zero-order chi connectivity index (χ0) is 19.6. The largest absolute Gasteiger partial charge is 0.337 e. The van der Waals surface area contributed by atoms with Gasteiger partial charge in [0.1, 0.15) is 10.0 Å². The third kappa shape index (κ3) is 4.48. The van der Waals surface area contributed by atoms with Crippen LogP contribution in [-0.4, -0.2) is 49.7 Å². The molecule has 0 spiro atoms. The van der Waals surface area contributed by atoms with Gasteiger partial charge in [0.2, 0.25) is 5.91 Å². The molecule has 1 aliphatic rings. The smallest absolute Gasteiger partial charge is 0.252 e. The molecule has 2 heterocycles. The van der Waals surface area contributed by atoms with Crippen LogP contribution in [0.5, 0.6) is 0 Å². The highest BCUT2D eigenvalue weighted by Gasteiger charge is 2.30. The van der Waals surface area contributed by atoms with Crippen molar-refractivity contribution in [2.24, 2.45) is 0 Å². The summed E-state index contributed by atoms with van der Waals surface area (Å²) in [7, 11) is -3.54. The minimum atomic E-state index is -3.54. The first-order chi connectivity index (χ1) is 12.8. The summed E-state index contributed by atoms with van der Waals surface area (Å²) in [6.07, 6.45) is 1.40. The molecule has 0 aliphatic carbocycles. The van der Waals surface area contributed by atoms with Gasteiger partial charge in [0, 0.05) is 37.8 Å². The van der Waals surface area contributed by atoms with Crippen molar-refractivity contribution in [1.29, 1.82) is 0 Å². The van der Waals surface area contributed by atoms with Gasteiger partial charge in [-0.2, -0.15) is 4.31 Å². The van der Waals surface area contributed by atoms with E-state index in [9.17, 15) is 17.6 Å². The summed E-state index contributed by atoms with van der Waals surface area (Å²) in [5.41, 5.74) is 0.923. The lowest BCUT2D eigenvalue weighted by Crippen LogP contribution is -2.50. The van der Waals surface area contributed by atoms with Crippen LogP contribution in [0.1, 0.15) is 12.5 Å². The molecule has 9 heteroatoms. The monoisotopic (exact) mass is 472 g/mol. The summed E-state index contributed by atoms with van der Waals surface area (Å²) < 4.78 is 41.5. The molecule has 27 heavy (non-hydrogen) atoms. The molecule has 144 valence electrons. The zero-order valence-corrected chi connectivity index (χ0v) is 17.8. The van der Waals surface area contributed by atoms with E-state index < -0.39 is 10.0 Å². The lowest BCUT2D eigenvalue weighted by atomic mass is 10.1. The Labute approximate surface area is 170 Å². The summed E-state index contributed by atoms with van der Waals surface area (Å²) in [5.74, 6) is -0.622. The van der Waals surface area contributed by atoms with Crippen LogP contribution in [0.25, 0.3) is 5.57 Å². The van der Waals surface area contributed by atoms with Gasteiger partial charge in [0.05, 0.1) is 3.79 Å². The van der Waals surface area contributed by atoms with Crippen LogP contribution in [0.4, 0.5) is 4.39 Å². The number of benzene rings is 1. The van der Waals surface area contributed by atoms with E-state index in [-0.39, 0.29) is 29.0 Å². The highest BCUT2D eigenvalue weighted by atomic mass is 79.9. The average Bonchev–Trinajstić information content (AvgIpc) is 3.09. The molecule has 1 aliphatic heterocycles. The maximum absolute atomic E-state index is 13.8. The maximum atomic E-state index is 13.8. The van der Waals surface area contributed by atoms with E-state index in [0.717, 1.165) is 15.1 Å². The number of hydrogen-bond donors (Lipinski definition) is 0. The quantitative estimate of drug-likeness (QED) is 0.638. The van der Waals surface area contributed by atoms with Crippen LogP contribution in [0.2, 0.25) is 0 Å². The van der Waals surface area contributed by atoms with E-state index in [2.05, 4.69) is 15.9 Å². The molecule has 0 unspecified atom stereocenters. The third-order valence-electron chi connectivity index (χ3n) is 4.33. The van der Waals surface area contributed by atoms with Crippen molar-refractivity contribution < 1.29 is 17.6 Å². The topological polar surface area (TPSA) is 57.7 Å². The number of piperazine rings is 1. The van der Waals surface area contributed by atoms with Crippen molar-refractivity contribution in [2.75, 3.05) is 26.2 Å². The molecule has 0 bridgehead atoms. The predicted octanol–water partition coefficient (Wildman–Crippen LogP) is 3.59. The van der Waals surface area contributed by atoms with Gasteiger partial charge in [0.15, 0.2) is 0 Å². The Morgan fingerprint density at radius 1 is 1.15 bits per heavy atom. The van der Waals surface area contributed by atoms with E-state index in [0.29, 0.717) is 24.2 Å². The van der Waals surface area contributed by atoms with E-state index in [1.54, 1.807) is 42.2 Å². The van der Waals surface area contributed by atoms with Crippen molar-refractivity contribution >= 4 is 48.8 Å². The summed E-state index contributed by atoms with van der Waals surface area (Å²) in [5, 5.41) is 0. The molecule has 1 aromatic heterocycles. The van der Waals surface area contributed by atoms with Crippen LogP contribution >= 0.6 is 27.3 Å². The van der Waals surface area contributed by atoms with Crippen LogP contribution < -0.4 is 0 Å². The van der Waals surface area contributed by atoms with Gasteiger partial charge < -0.3 is 4.90 Å². The molecule has 1 aromatic carbocycles. The molecule has 5 nitrogen and oxygen atoms in total. The number of nitrogens with zero attached hydrogens (tertiary/aromatic N) is 2. The average molecular weight is 473 g/mol. The second-order valence-corrected chi connectivity index (χ2v) is 10.7. The van der Waals surface area contributed by atoms with Crippen molar-refractivity contribution in [2.45, 2.75) is 11.1 Å². The van der Waals surface area contributed by atoms with E-state index in [1.807, 2.05) is 0 Å². The molecule has 0 N–H and O–H groups in total. The number of sulfonamides is 1. The number of hydrogen-bond acceptors (Lipinski definition) is 4. The van der Waals surface area contributed by atoms with E-state index >= 15 is 0 Å². The highest BCUT2D eigenvalue weighted by Crippen LogP contribution is 2.29. The van der Waals surface area contributed by atoms with Gasteiger partial charge in [-0.15, -0.1) is 11.3 Å². The number of amides is 1. The van der Waals surface area contributed by atoms with Crippen molar-refractivity contribution in [3.05, 3.63) is 57.6 Å². The molecule has 0 saturated carbocycles. The van der Waals surface area contributed by atoms with E-state index in [4.69, 9.17) is 0 Å². The van der Waals surface area contributed by atoms with Crippen molar-refractivity contribution in [3.8, 4) is 0 Å². The Kier molecular flexibility index (Phi) is 6.15. The first kappa shape index (κ1) is 20.2. The second kappa shape index (κ2) is 8.22. The number of rotatable bonds is 4. The number of carbonyl (C=O) groups excluding carboxylic acids is 1. The Morgan fingerprint density at radius 3 is 2.41 bits per heavy atom. The van der Waals surface area contributed by atoms with Crippen LogP contribution in [-0.2, 0) is 14.8 Å². The normalized spacial score (nSPS) is 16.6. The van der Waals surface area contributed by atoms with Gasteiger partial charge >= 0.3 is 0 Å². The highest BCUT2D eigenvalue weighted by molar-refractivity contribution is 9.11. The summed E-state index contributed by atoms with van der Waals surface area (Å²) in [6, 6.07) is 9.56. The number of thiophene rings is 1. The molecule has 2 aromatic rings. The summed E-state index contributed by atoms with van der Waals surface area (Å²) >= 11 is 4.44. The SMILES string of the molecule is C/C(=C/C(=O)N1CCN(S(=O)(=O)c2ccc(Br)s2)CC1)c1ccccc1F.